The van der Waals surface area contributed by atoms with E-state index in [2.05, 4.69) is 0 Å². The summed E-state index contributed by atoms with van der Waals surface area (Å²) in [6.45, 7) is 2.71. The van der Waals surface area contributed by atoms with Crippen LogP contribution in [-0.4, -0.2) is 57.5 Å². The van der Waals surface area contributed by atoms with E-state index in [-0.39, 0.29) is 6.61 Å². The standard InChI is InChI=1S/C26H32O7/c1-4-11-22(27)33-24-23(31-17-20-14-9-6-10-15-20)21(32-26(29-3)25(24)28-2)18-30-16-19-12-7-5-8-13-19/h4-15,21,23-26H,16-18H2,1-3H3/b11-4+/t21-,23-,24+,25+,26+/m1/s1. The van der Waals surface area contributed by atoms with Crippen molar-refractivity contribution in [2.24, 2.45) is 0 Å². The Bertz CT molecular complexity index is 855. The van der Waals surface area contributed by atoms with E-state index in [4.69, 9.17) is 28.4 Å². The highest BCUT2D eigenvalue weighted by atomic mass is 16.7. The van der Waals surface area contributed by atoms with E-state index in [1.807, 2.05) is 60.7 Å². The maximum atomic E-state index is 12.4. The maximum Gasteiger partial charge on any atom is 0.330 e. The van der Waals surface area contributed by atoms with Crippen molar-refractivity contribution in [3.63, 3.8) is 0 Å². The van der Waals surface area contributed by atoms with Gasteiger partial charge in [0.2, 0.25) is 0 Å². The summed E-state index contributed by atoms with van der Waals surface area (Å²) in [6.07, 6.45) is -0.373. The number of allylic oxidation sites excluding steroid dienone is 1. The third-order valence-corrected chi connectivity index (χ3v) is 5.33. The molecular formula is C26H32O7. The summed E-state index contributed by atoms with van der Waals surface area (Å²) in [7, 11) is 3.05. The summed E-state index contributed by atoms with van der Waals surface area (Å²) in [5.41, 5.74) is 2.03. The number of methoxy groups -OCH3 is 2. The number of esters is 1. The van der Waals surface area contributed by atoms with Gasteiger partial charge >= 0.3 is 5.97 Å². The molecule has 0 amide bonds. The van der Waals surface area contributed by atoms with Crippen LogP contribution < -0.4 is 0 Å². The van der Waals surface area contributed by atoms with Crippen molar-refractivity contribution >= 4 is 5.97 Å². The molecule has 1 fully saturated rings. The minimum Gasteiger partial charge on any atom is -0.453 e. The van der Waals surface area contributed by atoms with Gasteiger partial charge in [0.25, 0.3) is 0 Å². The molecule has 5 atom stereocenters. The van der Waals surface area contributed by atoms with Gasteiger partial charge in [-0.3, -0.25) is 0 Å². The van der Waals surface area contributed by atoms with Crippen LogP contribution in [0.4, 0.5) is 0 Å². The van der Waals surface area contributed by atoms with Crippen molar-refractivity contribution in [1.29, 1.82) is 0 Å². The molecular weight excluding hydrogens is 424 g/mol. The molecule has 0 aromatic heterocycles. The number of ether oxygens (including phenoxy) is 6. The van der Waals surface area contributed by atoms with Crippen LogP contribution in [0.15, 0.2) is 72.8 Å². The Morgan fingerprint density at radius 1 is 0.879 bits per heavy atom. The number of hydrogen-bond acceptors (Lipinski definition) is 7. The molecule has 0 spiro atoms. The molecule has 1 aliphatic rings. The zero-order valence-electron chi connectivity index (χ0n) is 19.3. The third-order valence-electron chi connectivity index (χ3n) is 5.33. The minimum absolute atomic E-state index is 0.225. The van der Waals surface area contributed by atoms with Gasteiger partial charge in [-0.05, 0) is 18.1 Å². The van der Waals surface area contributed by atoms with E-state index in [9.17, 15) is 4.79 Å². The first-order valence-electron chi connectivity index (χ1n) is 11.0. The lowest BCUT2D eigenvalue weighted by atomic mass is 9.98. The first kappa shape index (κ1) is 25.1. The molecule has 2 aromatic rings. The lowest BCUT2D eigenvalue weighted by Gasteiger charge is -2.44. The van der Waals surface area contributed by atoms with Gasteiger partial charge in [-0.25, -0.2) is 4.79 Å². The Morgan fingerprint density at radius 3 is 2.09 bits per heavy atom. The smallest absolute Gasteiger partial charge is 0.330 e. The summed E-state index contributed by atoms with van der Waals surface area (Å²) in [6, 6.07) is 19.6. The molecule has 33 heavy (non-hydrogen) atoms. The quantitative estimate of drug-likeness (QED) is 0.377. The molecule has 1 heterocycles. The van der Waals surface area contributed by atoms with Crippen LogP contribution in [-0.2, 0) is 46.4 Å². The Kier molecular flexibility index (Phi) is 10.1. The van der Waals surface area contributed by atoms with E-state index in [0.29, 0.717) is 13.2 Å². The molecule has 1 saturated heterocycles. The number of hydrogen-bond donors (Lipinski definition) is 0. The number of carbonyl (C=O) groups is 1. The predicted molar refractivity (Wildman–Crippen MR) is 122 cm³/mol. The molecule has 0 aliphatic carbocycles. The van der Waals surface area contributed by atoms with Gasteiger partial charge in [-0.2, -0.15) is 0 Å². The summed E-state index contributed by atoms with van der Waals surface area (Å²) in [4.78, 5) is 12.4. The average Bonchev–Trinajstić information content (AvgIpc) is 2.84. The van der Waals surface area contributed by atoms with E-state index in [1.54, 1.807) is 13.0 Å². The SMILES string of the molecule is C/C=C/C(=O)O[C@@H]1[C@H](OC)[C@@H](OC)O[C@H](COCc2ccccc2)[C@H]1OCc1ccccc1. The zero-order valence-corrected chi connectivity index (χ0v) is 19.3. The van der Waals surface area contributed by atoms with Crippen LogP contribution in [0.5, 0.6) is 0 Å². The normalized spacial score (nSPS) is 25.2. The van der Waals surface area contributed by atoms with Crippen molar-refractivity contribution < 1.29 is 33.2 Å². The summed E-state index contributed by atoms with van der Waals surface area (Å²) < 4.78 is 35.2. The Balaban J connectivity index is 1.79. The summed E-state index contributed by atoms with van der Waals surface area (Å²) in [5, 5.41) is 0. The van der Waals surface area contributed by atoms with Crippen molar-refractivity contribution in [3.05, 3.63) is 83.9 Å². The van der Waals surface area contributed by atoms with Crippen molar-refractivity contribution in [2.45, 2.75) is 50.8 Å². The fourth-order valence-electron chi connectivity index (χ4n) is 3.73. The van der Waals surface area contributed by atoms with Crippen LogP contribution in [0.25, 0.3) is 0 Å². The van der Waals surface area contributed by atoms with E-state index >= 15 is 0 Å². The average molecular weight is 457 g/mol. The second-order valence-electron chi connectivity index (χ2n) is 7.64. The molecule has 0 saturated carbocycles. The molecule has 178 valence electrons. The highest BCUT2D eigenvalue weighted by molar-refractivity contribution is 5.82. The van der Waals surface area contributed by atoms with Crippen molar-refractivity contribution in [3.8, 4) is 0 Å². The number of benzene rings is 2. The zero-order chi connectivity index (χ0) is 23.5. The van der Waals surface area contributed by atoms with Gasteiger partial charge in [0.05, 0.1) is 19.8 Å². The largest absolute Gasteiger partial charge is 0.453 e. The third kappa shape index (κ3) is 7.22. The van der Waals surface area contributed by atoms with Crippen molar-refractivity contribution in [1.82, 2.24) is 0 Å². The molecule has 0 bridgehead atoms. The maximum absolute atomic E-state index is 12.4. The predicted octanol–water partition coefficient (Wildman–Crippen LogP) is 3.66. The fraction of sp³-hybridized carbons (Fsp3) is 0.423. The van der Waals surface area contributed by atoms with Gasteiger partial charge in [-0.1, -0.05) is 66.7 Å². The molecule has 0 radical (unpaired) electrons. The van der Waals surface area contributed by atoms with E-state index in [1.165, 1.54) is 20.3 Å². The second-order valence-corrected chi connectivity index (χ2v) is 7.64. The molecule has 7 nitrogen and oxygen atoms in total. The lowest BCUT2D eigenvalue weighted by molar-refractivity contribution is -0.311. The highest BCUT2D eigenvalue weighted by Crippen LogP contribution is 2.29. The van der Waals surface area contributed by atoms with Crippen LogP contribution in [0.3, 0.4) is 0 Å². The van der Waals surface area contributed by atoms with Crippen LogP contribution in [0, 0.1) is 0 Å². The Morgan fingerprint density at radius 2 is 1.52 bits per heavy atom. The summed E-state index contributed by atoms with van der Waals surface area (Å²) >= 11 is 0. The van der Waals surface area contributed by atoms with Crippen LogP contribution in [0.1, 0.15) is 18.1 Å². The van der Waals surface area contributed by atoms with E-state index < -0.39 is 36.7 Å². The second kappa shape index (κ2) is 13.2. The number of carbonyl (C=O) groups excluding carboxylic acids is 1. The van der Waals surface area contributed by atoms with E-state index in [0.717, 1.165) is 11.1 Å². The number of rotatable bonds is 11. The molecule has 2 aromatic carbocycles. The molecule has 1 aliphatic heterocycles. The van der Waals surface area contributed by atoms with Gasteiger partial charge in [-0.15, -0.1) is 0 Å². The topological polar surface area (TPSA) is 72.5 Å². The fourth-order valence-corrected chi connectivity index (χ4v) is 3.73. The summed E-state index contributed by atoms with van der Waals surface area (Å²) in [5.74, 6) is -0.487. The first-order valence-corrected chi connectivity index (χ1v) is 11.0. The molecule has 3 rings (SSSR count). The minimum atomic E-state index is -0.758. The molecule has 7 heteroatoms. The van der Waals surface area contributed by atoms with Gasteiger partial charge in [0.15, 0.2) is 12.4 Å². The molecule has 0 N–H and O–H groups in total. The Labute approximate surface area is 195 Å². The molecule has 0 unspecified atom stereocenters. The highest BCUT2D eigenvalue weighted by Gasteiger charge is 2.49. The lowest BCUT2D eigenvalue weighted by Crippen LogP contribution is -2.61. The first-order chi connectivity index (χ1) is 16.2. The van der Waals surface area contributed by atoms with Gasteiger partial charge in [0, 0.05) is 20.3 Å². The van der Waals surface area contributed by atoms with Crippen molar-refractivity contribution in [2.75, 3.05) is 20.8 Å². The van der Waals surface area contributed by atoms with Crippen LogP contribution >= 0.6 is 0 Å². The van der Waals surface area contributed by atoms with Gasteiger partial charge < -0.3 is 28.4 Å². The Hall–Kier alpha value is -2.55. The van der Waals surface area contributed by atoms with Crippen LogP contribution in [0.2, 0.25) is 0 Å². The monoisotopic (exact) mass is 456 g/mol. The van der Waals surface area contributed by atoms with Gasteiger partial charge in [0.1, 0.15) is 18.3 Å².